The average molecular weight is 475 g/mol. The lowest BCUT2D eigenvalue weighted by Gasteiger charge is -2.15. The molecule has 0 spiro atoms. The molecule has 3 aromatic rings. The van der Waals surface area contributed by atoms with Gasteiger partial charge < -0.3 is 20.7 Å². The minimum absolute atomic E-state index is 0.123. The van der Waals surface area contributed by atoms with Gasteiger partial charge in [-0.05, 0) is 43.8 Å². The monoisotopic (exact) mass is 474 g/mol. The normalized spacial score (nSPS) is 16.4. The number of benzene rings is 1. The van der Waals surface area contributed by atoms with Crippen LogP contribution >= 0.6 is 0 Å². The zero-order valence-corrected chi connectivity index (χ0v) is 18.5. The lowest BCUT2D eigenvalue weighted by molar-refractivity contribution is -0.140. The molecule has 4 N–H and O–H groups in total. The third-order valence-corrected chi connectivity index (χ3v) is 7.03. The van der Waals surface area contributed by atoms with E-state index < -0.39 is 27.2 Å². The molecule has 9 nitrogen and oxygen atoms in total. The molecular weight excluding hydrogens is 451 g/mol. The number of carbonyl (C=O) groups excluding carboxylic acids is 1. The van der Waals surface area contributed by atoms with Crippen LogP contribution in [0.3, 0.4) is 0 Å². The van der Waals surface area contributed by atoms with Crippen molar-refractivity contribution in [3.63, 3.8) is 0 Å². The molecule has 33 heavy (non-hydrogen) atoms. The van der Waals surface area contributed by atoms with Crippen molar-refractivity contribution in [2.45, 2.75) is 29.2 Å². The predicted molar refractivity (Wildman–Crippen MR) is 118 cm³/mol. The Balaban J connectivity index is 0.000000286. The maximum Gasteiger partial charge on any atom is 0.326 e. The van der Waals surface area contributed by atoms with Gasteiger partial charge in [0, 0.05) is 41.8 Å². The quantitative estimate of drug-likeness (QED) is 0.429. The molecule has 0 aliphatic carbocycles. The second-order valence-electron chi connectivity index (χ2n) is 7.23. The Labute approximate surface area is 190 Å². The molecule has 4 rings (SSSR count). The lowest BCUT2D eigenvalue weighted by atomic mass is 10.1. The molecule has 0 saturated carbocycles. The molecule has 1 saturated heterocycles. The molecule has 0 bridgehead atoms. The van der Waals surface area contributed by atoms with Crippen LogP contribution in [0.15, 0.2) is 66.0 Å². The van der Waals surface area contributed by atoms with Crippen LogP contribution in [0.25, 0.3) is 11.3 Å². The molecule has 1 amide bonds. The summed E-state index contributed by atoms with van der Waals surface area (Å²) in [5, 5.41) is 12.5. The summed E-state index contributed by atoms with van der Waals surface area (Å²) in [6.45, 7) is 0. The number of aromatic nitrogens is 2. The summed E-state index contributed by atoms with van der Waals surface area (Å²) in [5.74, 6) is -1.48. The van der Waals surface area contributed by atoms with Crippen LogP contribution in [0.2, 0.25) is 0 Å². The summed E-state index contributed by atoms with van der Waals surface area (Å²) in [6, 6.07) is 10.4. The summed E-state index contributed by atoms with van der Waals surface area (Å²) in [6.07, 6.45) is 5.16. The number of carboxylic acids is 1. The number of rotatable bonds is 6. The molecule has 2 aromatic heterocycles. The fourth-order valence-corrected chi connectivity index (χ4v) is 4.90. The van der Waals surface area contributed by atoms with Crippen molar-refractivity contribution in [1.82, 2.24) is 20.6 Å². The predicted octanol–water partition coefficient (Wildman–Crippen LogP) is 2.26. The van der Waals surface area contributed by atoms with Crippen LogP contribution < -0.4 is 10.6 Å². The third kappa shape index (κ3) is 5.62. The number of nitrogens with one attached hydrogen (secondary N) is 3. The number of hydrogen-bond acceptors (Lipinski definition) is 6. The first kappa shape index (κ1) is 24.1. The van der Waals surface area contributed by atoms with Gasteiger partial charge in [-0.2, -0.15) is 0 Å². The van der Waals surface area contributed by atoms with E-state index in [1.807, 2.05) is 0 Å². The second-order valence-corrected chi connectivity index (χ2v) is 9.26. The number of aromatic amines is 1. The Bertz CT molecular complexity index is 1230. The van der Waals surface area contributed by atoms with Crippen molar-refractivity contribution >= 4 is 21.7 Å². The van der Waals surface area contributed by atoms with E-state index in [2.05, 4.69) is 20.6 Å². The van der Waals surface area contributed by atoms with Crippen LogP contribution in [0.4, 0.5) is 4.39 Å². The standard InChI is InChI=1S/C17H16FN3O2S.C5H7NO3/c1-19-17(24(22,23)13-5-4-8-20-11-13)12-9-16(21-10-12)14-6-2-3-7-15(14)18;7-4-2-1-3(6-4)5(8)9/h2-11,17,19,21H,1H3;3H,1-2H2,(H,6,7)(H,8,9). The molecule has 2 atom stereocenters. The number of nitrogens with zero attached hydrogens (tertiary/aromatic N) is 1. The van der Waals surface area contributed by atoms with Gasteiger partial charge in [-0.15, -0.1) is 0 Å². The Hall–Kier alpha value is -3.57. The zero-order valence-electron chi connectivity index (χ0n) is 17.7. The average Bonchev–Trinajstić information content (AvgIpc) is 3.45. The third-order valence-electron chi connectivity index (χ3n) is 5.00. The summed E-state index contributed by atoms with van der Waals surface area (Å²) in [7, 11) is -2.11. The second kappa shape index (κ2) is 10.4. The van der Waals surface area contributed by atoms with Gasteiger partial charge in [0.25, 0.3) is 0 Å². The summed E-state index contributed by atoms with van der Waals surface area (Å²) >= 11 is 0. The largest absolute Gasteiger partial charge is 0.480 e. The molecule has 3 heterocycles. The number of sulfone groups is 1. The Morgan fingerprint density at radius 3 is 2.58 bits per heavy atom. The van der Waals surface area contributed by atoms with E-state index in [0.29, 0.717) is 29.7 Å². The molecule has 11 heteroatoms. The Kier molecular flexibility index (Phi) is 7.56. The van der Waals surface area contributed by atoms with Gasteiger partial charge >= 0.3 is 5.97 Å². The van der Waals surface area contributed by atoms with Crippen molar-refractivity contribution < 1.29 is 27.5 Å². The van der Waals surface area contributed by atoms with Crippen LogP contribution in [0, 0.1) is 5.82 Å². The molecule has 1 aliphatic heterocycles. The van der Waals surface area contributed by atoms with Crippen molar-refractivity contribution in [3.05, 3.63) is 72.4 Å². The minimum Gasteiger partial charge on any atom is -0.480 e. The van der Waals surface area contributed by atoms with Gasteiger partial charge in [0.05, 0.1) is 4.90 Å². The first-order valence-corrected chi connectivity index (χ1v) is 11.5. The Morgan fingerprint density at radius 1 is 1.27 bits per heavy atom. The minimum atomic E-state index is -3.67. The van der Waals surface area contributed by atoms with Crippen molar-refractivity contribution in [2.75, 3.05) is 7.05 Å². The van der Waals surface area contributed by atoms with Gasteiger partial charge in [0.15, 0.2) is 9.84 Å². The van der Waals surface area contributed by atoms with E-state index >= 15 is 0 Å². The van der Waals surface area contributed by atoms with E-state index in [0.717, 1.165) is 0 Å². The molecule has 174 valence electrons. The maximum atomic E-state index is 13.9. The van der Waals surface area contributed by atoms with Gasteiger partial charge in [0.2, 0.25) is 5.91 Å². The summed E-state index contributed by atoms with van der Waals surface area (Å²) in [5.41, 5.74) is 1.40. The fraction of sp³-hybridized carbons (Fsp3) is 0.227. The van der Waals surface area contributed by atoms with E-state index in [9.17, 15) is 22.4 Å². The number of H-pyrrole nitrogens is 1. The van der Waals surface area contributed by atoms with Crippen LogP contribution in [-0.4, -0.2) is 48.5 Å². The SMILES string of the molecule is CNC(c1c[nH]c(-c2ccccc2F)c1)S(=O)(=O)c1cccnc1.O=C1CCC(C(=O)O)N1. The van der Waals surface area contributed by atoms with Crippen molar-refractivity contribution in [2.24, 2.45) is 0 Å². The van der Waals surface area contributed by atoms with E-state index in [1.54, 1.807) is 43.6 Å². The van der Waals surface area contributed by atoms with Gasteiger partial charge in [-0.1, -0.05) is 12.1 Å². The highest BCUT2D eigenvalue weighted by molar-refractivity contribution is 7.91. The van der Waals surface area contributed by atoms with Crippen molar-refractivity contribution in [1.29, 1.82) is 0 Å². The highest BCUT2D eigenvalue weighted by Crippen LogP contribution is 2.30. The van der Waals surface area contributed by atoms with Gasteiger partial charge in [0.1, 0.15) is 17.2 Å². The van der Waals surface area contributed by atoms with Gasteiger partial charge in [-0.3, -0.25) is 9.78 Å². The van der Waals surface area contributed by atoms with Crippen LogP contribution in [0.1, 0.15) is 23.8 Å². The topological polar surface area (TPSA) is 141 Å². The molecule has 0 radical (unpaired) electrons. The summed E-state index contributed by atoms with van der Waals surface area (Å²) in [4.78, 5) is 27.4. The zero-order chi connectivity index (χ0) is 24.0. The van der Waals surface area contributed by atoms with Crippen molar-refractivity contribution in [3.8, 4) is 11.3 Å². The number of carboxylic acid groups (broad SMARTS) is 1. The number of halogens is 1. The number of hydrogen-bond donors (Lipinski definition) is 4. The van der Waals surface area contributed by atoms with Crippen LogP contribution in [0.5, 0.6) is 0 Å². The Morgan fingerprint density at radius 2 is 2.03 bits per heavy atom. The molecular formula is C22H23FN4O5S. The number of pyridine rings is 1. The highest BCUT2D eigenvalue weighted by atomic mass is 32.2. The highest BCUT2D eigenvalue weighted by Gasteiger charge is 2.29. The molecule has 1 fully saturated rings. The van der Waals surface area contributed by atoms with Gasteiger partial charge in [-0.25, -0.2) is 17.6 Å². The molecule has 1 aliphatic rings. The maximum absolute atomic E-state index is 13.9. The van der Waals surface area contributed by atoms with Crippen LogP contribution in [-0.2, 0) is 19.4 Å². The first-order chi connectivity index (χ1) is 15.7. The lowest BCUT2D eigenvalue weighted by Crippen LogP contribution is -2.32. The summed E-state index contributed by atoms with van der Waals surface area (Å²) < 4.78 is 39.5. The number of carbonyl (C=O) groups is 2. The van der Waals surface area contributed by atoms with E-state index in [-0.39, 0.29) is 16.6 Å². The number of amides is 1. The molecule has 2 unspecified atom stereocenters. The fourth-order valence-electron chi connectivity index (χ4n) is 3.35. The van der Waals surface area contributed by atoms with E-state index in [1.165, 1.54) is 24.5 Å². The number of aliphatic carboxylic acids is 1. The smallest absolute Gasteiger partial charge is 0.326 e. The first-order valence-electron chi connectivity index (χ1n) is 10.0. The molecule has 1 aromatic carbocycles. The van der Waals surface area contributed by atoms with E-state index in [4.69, 9.17) is 5.11 Å².